The number of aromatic nitrogens is 2. The molecule has 3 rings (SSSR count). The van der Waals surface area contributed by atoms with Crippen LogP contribution in [0.1, 0.15) is 5.56 Å². The van der Waals surface area contributed by atoms with E-state index in [0.29, 0.717) is 11.3 Å². The summed E-state index contributed by atoms with van der Waals surface area (Å²) in [5.41, 5.74) is 7.04. The van der Waals surface area contributed by atoms with Crippen LogP contribution in [0.25, 0.3) is 16.9 Å². The summed E-state index contributed by atoms with van der Waals surface area (Å²) in [5.74, 6) is -1.52. The molecule has 0 bridgehead atoms. The molecule has 114 valence electrons. The van der Waals surface area contributed by atoms with Gasteiger partial charge < -0.3 is 5.73 Å². The molecule has 4 nitrogen and oxygen atoms in total. The van der Waals surface area contributed by atoms with E-state index in [9.17, 15) is 14.0 Å². The minimum absolute atomic E-state index is 0.00377. The van der Waals surface area contributed by atoms with E-state index >= 15 is 0 Å². The van der Waals surface area contributed by atoms with Crippen molar-refractivity contribution in [3.63, 3.8) is 0 Å². The lowest BCUT2D eigenvalue weighted by Gasteiger charge is -2.05. The zero-order valence-electron chi connectivity index (χ0n) is 11.6. The molecule has 2 aromatic carbocycles. The van der Waals surface area contributed by atoms with Crippen LogP contribution in [0, 0.1) is 23.0 Å². The van der Waals surface area contributed by atoms with Gasteiger partial charge in [-0.15, -0.1) is 0 Å². The normalized spacial score (nSPS) is 10.5. The van der Waals surface area contributed by atoms with Crippen molar-refractivity contribution in [1.29, 1.82) is 5.26 Å². The second kappa shape index (κ2) is 5.82. The molecule has 0 amide bonds. The van der Waals surface area contributed by atoms with Gasteiger partial charge in [-0.05, 0) is 24.3 Å². The highest BCUT2D eigenvalue weighted by molar-refractivity contribution is 9.10. The standard InChI is InChI=1S/C16H9BrF2N4/c17-10-3-1-9(2-4-10)15-12(8-20)16(21)23(22-15)14-6-5-11(18)7-13(14)19/h1-7H,21H2. The second-order valence-electron chi connectivity index (χ2n) is 4.74. The van der Waals surface area contributed by atoms with Crippen LogP contribution in [0.4, 0.5) is 14.6 Å². The highest BCUT2D eigenvalue weighted by Gasteiger charge is 2.20. The number of anilines is 1. The predicted molar refractivity (Wildman–Crippen MR) is 85.7 cm³/mol. The predicted octanol–water partition coefficient (Wildman–Crippen LogP) is 4.03. The van der Waals surface area contributed by atoms with Crippen LogP contribution in [-0.4, -0.2) is 9.78 Å². The van der Waals surface area contributed by atoms with Crippen molar-refractivity contribution in [3.8, 4) is 23.0 Å². The quantitative estimate of drug-likeness (QED) is 0.735. The first-order chi connectivity index (χ1) is 11.0. The number of nitrogen functional groups attached to an aromatic ring is 1. The number of benzene rings is 2. The van der Waals surface area contributed by atoms with Crippen molar-refractivity contribution in [2.24, 2.45) is 0 Å². The minimum Gasteiger partial charge on any atom is -0.382 e. The van der Waals surface area contributed by atoms with Crippen molar-refractivity contribution in [2.75, 3.05) is 5.73 Å². The van der Waals surface area contributed by atoms with Crippen LogP contribution in [0.5, 0.6) is 0 Å². The van der Waals surface area contributed by atoms with Gasteiger partial charge in [0.1, 0.15) is 34.6 Å². The number of rotatable bonds is 2. The number of halogens is 3. The molecule has 2 N–H and O–H groups in total. The molecule has 23 heavy (non-hydrogen) atoms. The number of hydrogen-bond donors (Lipinski definition) is 1. The van der Waals surface area contributed by atoms with E-state index in [1.54, 1.807) is 24.3 Å². The minimum atomic E-state index is -0.814. The van der Waals surface area contributed by atoms with Crippen LogP contribution in [-0.2, 0) is 0 Å². The number of nitrogens with two attached hydrogens (primary N) is 1. The lowest BCUT2D eigenvalue weighted by atomic mass is 10.1. The van der Waals surface area contributed by atoms with Gasteiger partial charge in [-0.1, -0.05) is 28.1 Å². The molecule has 0 saturated heterocycles. The van der Waals surface area contributed by atoms with Crippen molar-refractivity contribution >= 4 is 21.7 Å². The van der Waals surface area contributed by atoms with Gasteiger partial charge in [0.15, 0.2) is 5.82 Å². The molecule has 7 heteroatoms. The molecule has 0 fully saturated rings. The van der Waals surface area contributed by atoms with Gasteiger partial charge in [0.2, 0.25) is 0 Å². The summed E-state index contributed by atoms with van der Waals surface area (Å²) in [6, 6.07) is 12.2. The SMILES string of the molecule is N#Cc1c(-c2ccc(Br)cc2)nn(-c2ccc(F)cc2F)c1N. The van der Waals surface area contributed by atoms with Crippen molar-refractivity contribution in [2.45, 2.75) is 0 Å². The van der Waals surface area contributed by atoms with Gasteiger partial charge in [0, 0.05) is 16.1 Å². The van der Waals surface area contributed by atoms with E-state index in [1.807, 2.05) is 6.07 Å². The summed E-state index contributed by atoms with van der Waals surface area (Å²) in [4.78, 5) is 0. The summed E-state index contributed by atoms with van der Waals surface area (Å²) in [7, 11) is 0. The van der Waals surface area contributed by atoms with Crippen LogP contribution < -0.4 is 5.73 Å². The Morgan fingerprint density at radius 3 is 2.43 bits per heavy atom. The first kappa shape index (κ1) is 15.2. The van der Waals surface area contributed by atoms with Crippen LogP contribution in [0.3, 0.4) is 0 Å². The van der Waals surface area contributed by atoms with Gasteiger partial charge in [0.25, 0.3) is 0 Å². The molecular formula is C16H9BrF2N4. The maximum Gasteiger partial charge on any atom is 0.151 e. The van der Waals surface area contributed by atoms with E-state index < -0.39 is 11.6 Å². The monoisotopic (exact) mass is 374 g/mol. The number of hydrogen-bond acceptors (Lipinski definition) is 3. The van der Waals surface area contributed by atoms with Crippen LogP contribution >= 0.6 is 15.9 Å². The molecule has 0 aliphatic carbocycles. The number of nitrogens with zero attached hydrogens (tertiary/aromatic N) is 3. The van der Waals surface area contributed by atoms with E-state index in [1.165, 1.54) is 6.07 Å². The van der Waals surface area contributed by atoms with E-state index in [2.05, 4.69) is 21.0 Å². The third-order valence-electron chi connectivity index (χ3n) is 3.29. The molecule has 0 spiro atoms. The Kier molecular flexibility index (Phi) is 3.84. The van der Waals surface area contributed by atoms with Gasteiger partial charge in [0.05, 0.1) is 0 Å². The zero-order chi connectivity index (χ0) is 16.6. The fraction of sp³-hybridized carbons (Fsp3) is 0. The largest absolute Gasteiger partial charge is 0.382 e. The van der Waals surface area contributed by atoms with Crippen molar-refractivity contribution in [3.05, 3.63) is 64.1 Å². The first-order valence-corrected chi connectivity index (χ1v) is 7.30. The van der Waals surface area contributed by atoms with Crippen LogP contribution in [0.15, 0.2) is 46.9 Å². The highest BCUT2D eigenvalue weighted by Crippen LogP contribution is 2.30. The third kappa shape index (κ3) is 2.69. The summed E-state index contributed by atoms with van der Waals surface area (Å²) in [6.45, 7) is 0. The lowest BCUT2D eigenvalue weighted by molar-refractivity contribution is 0.574. The Morgan fingerprint density at radius 1 is 1.13 bits per heavy atom. The summed E-state index contributed by atoms with van der Waals surface area (Å²) in [6.07, 6.45) is 0. The van der Waals surface area contributed by atoms with E-state index in [0.717, 1.165) is 21.3 Å². The summed E-state index contributed by atoms with van der Waals surface area (Å²) in [5, 5.41) is 13.6. The molecule has 0 unspecified atom stereocenters. The Hall–Kier alpha value is -2.72. The molecule has 0 aliphatic rings. The lowest BCUT2D eigenvalue weighted by Crippen LogP contribution is -2.05. The maximum absolute atomic E-state index is 14.0. The smallest absolute Gasteiger partial charge is 0.151 e. The van der Waals surface area contributed by atoms with Crippen molar-refractivity contribution < 1.29 is 8.78 Å². The topological polar surface area (TPSA) is 67.6 Å². The van der Waals surface area contributed by atoms with E-state index in [4.69, 9.17) is 5.73 Å². The average Bonchev–Trinajstić information content (AvgIpc) is 2.85. The molecule has 0 radical (unpaired) electrons. The number of nitriles is 1. The first-order valence-electron chi connectivity index (χ1n) is 6.51. The fourth-order valence-corrected chi connectivity index (χ4v) is 2.45. The van der Waals surface area contributed by atoms with Gasteiger partial charge in [-0.3, -0.25) is 0 Å². The molecular weight excluding hydrogens is 366 g/mol. The summed E-state index contributed by atoms with van der Waals surface area (Å²) < 4.78 is 29.0. The molecule has 1 heterocycles. The average molecular weight is 375 g/mol. The van der Waals surface area contributed by atoms with E-state index in [-0.39, 0.29) is 17.1 Å². The Labute approximate surface area is 138 Å². The zero-order valence-corrected chi connectivity index (χ0v) is 13.2. The van der Waals surface area contributed by atoms with Crippen molar-refractivity contribution in [1.82, 2.24) is 9.78 Å². The van der Waals surface area contributed by atoms with Gasteiger partial charge in [-0.2, -0.15) is 10.4 Å². The maximum atomic E-state index is 14.0. The second-order valence-corrected chi connectivity index (χ2v) is 5.65. The highest BCUT2D eigenvalue weighted by atomic mass is 79.9. The molecule has 0 aliphatic heterocycles. The molecule has 0 saturated carbocycles. The van der Waals surface area contributed by atoms with Crippen LogP contribution in [0.2, 0.25) is 0 Å². The third-order valence-corrected chi connectivity index (χ3v) is 3.82. The molecule has 3 aromatic rings. The Bertz CT molecular complexity index is 926. The van der Waals surface area contributed by atoms with Gasteiger partial charge >= 0.3 is 0 Å². The summed E-state index contributed by atoms with van der Waals surface area (Å²) >= 11 is 3.33. The Morgan fingerprint density at radius 2 is 1.83 bits per heavy atom. The fourth-order valence-electron chi connectivity index (χ4n) is 2.19. The molecule has 1 aromatic heterocycles. The molecule has 0 atom stereocenters. The Balaban J connectivity index is 2.21. The van der Waals surface area contributed by atoms with Gasteiger partial charge in [-0.25, -0.2) is 13.5 Å².